The lowest BCUT2D eigenvalue weighted by Gasteiger charge is -2.10. The third kappa shape index (κ3) is 5.96. The van der Waals surface area contributed by atoms with E-state index in [2.05, 4.69) is 10.1 Å². The van der Waals surface area contributed by atoms with Crippen molar-refractivity contribution in [2.45, 2.75) is 13.3 Å². The molecule has 0 radical (unpaired) electrons. The molecule has 1 N–H and O–H groups in total. The predicted molar refractivity (Wildman–Crippen MR) is 88.2 cm³/mol. The zero-order valence-electron chi connectivity index (χ0n) is 13.4. The highest BCUT2D eigenvalue weighted by Crippen LogP contribution is 2.23. The maximum atomic E-state index is 12.1. The van der Waals surface area contributed by atoms with E-state index in [9.17, 15) is 22.8 Å². The Labute approximate surface area is 151 Å². The second kappa shape index (κ2) is 8.09. The van der Waals surface area contributed by atoms with Crippen molar-refractivity contribution in [2.24, 2.45) is 0 Å². The number of esters is 1. The summed E-state index contributed by atoms with van der Waals surface area (Å²) in [5, 5.41) is 2.98. The van der Waals surface area contributed by atoms with Crippen LogP contribution in [0.3, 0.4) is 0 Å². The monoisotopic (exact) mass is 387 g/mol. The molecule has 0 spiro atoms. The van der Waals surface area contributed by atoms with Gasteiger partial charge in [0.15, 0.2) is 6.61 Å². The first kappa shape index (κ1) is 19.6. The van der Waals surface area contributed by atoms with Crippen LogP contribution in [0.25, 0.3) is 0 Å². The van der Waals surface area contributed by atoms with Crippen molar-refractivity contribution in [1.82, 2.24) is 0 Å². The quantitative estimate of drug-likeness (QED) is 0.775. The number of aryl methyl sites for hydroxylation is 1. The Morgan fingerprint density at radius 2 is 1.77 bits per heavy atom. The topological polar surface area (TPSA) is 64.6 Å². The minimum Gasteiger partial charge on any atom is -0.452 e. The first-order valence-corrected chi connectivity index (χ1v) is 7.61. The standard InChI is InChI=1S/C17H13ClF3NO4/c1-10-2-5-12(8-14(10)18)22-15(23)9-25-16(24)11-3-6-13(7-4-11)26-17(19,20)21/h2-8H,9H2,1H3,(H,22,23). The molecule has 1 amide bonds. The highest BCUT2D eigenvalue weighted by molar-refractivity contribution is 6.31. The highest BCUT2D eigenvalue weighted by Gasteiger charge is 2.31. The first-order chi connectivity index (χ1) is 12.1. The van der Waals surface area contributed by atoms with Gasteiger partial charge in [-0.2, -0.15) is 0 Å². The number of ether oxygens (including phenoxy) is 2. The van der Waals surface area contributed by atoms with Crippen molar-refractivity contribution in [2.75, 3.05) is 11.9 Å². The molecule has 9 heteroatoms. The van der Waals surface area contributed by atoms with Crippen LogP contribution in [-0.4, -0.2) is 24.8 Å². The lowest BCUT2D eigenvalue weighted by atomic mass is 10.2. The summed E-state index contributed by atoms with van der Waals surface area (Å²) in [7, 11) is 0. The number of carbonyl (C=O) groups is 2. The van der Waals surface area contributed by atoms with Crippen molar-refractivity contribution in [3.63, 3.8) is 0 Å². The first-order valence-electron chi connectivity index (χ1n) is 7.23. The van der Waals surface area contributed by atoms with Gasteiger partial charge >= 0.3 is 12.3 Å². The number of nitrogens with one attached hydrogen (secondary N) is 1. The Morgan fingerprint density at radius 3 is 2.35 bits per heavy atom. The maximum Gasteiger partial charge on any atom is 0.573 e. The van der Waals surface area contributed by atoms with Gasteiger partial charge in [-0.3, -0.25) is 4.79 Å². The molecule has 0 bridgehead atoms. The van der Waals surface area contributed by atoms with Crippen LogP contribution >= 0.6 is 11.6 Å². The van der Waals surface area contributed by atoms with E-state index in [1.54, 1.807) is 25.1 Å². The van der Waals surface area contributed by atoms with Crippen LogP contribution in [0.5, 0.6) is 5.75 Å². The summed E-state index contributed by atoms with van der Waals surface area (Å²) in [6.45, 7) is 1.24. The van der Waals surface area contributed by atoms with Gasteiger partial charge in [-0.1, -0.05) is 17.7 Å². The molecule has 0 saturated carbocycles. The zero-order chi connectivity index (χ0) is 19.3. The molecule has 5 nitrogen and oxygen atoms in total. The van der Waals surface area contributed by atoms with Crippen LogP contribution in [0.15, 0.2) is 42.5 Å². The van der Waals surface area contributed by atoms with Crippen molar-refractivity contribution in [3.8, 4) is 5.75 Å². The fourth-order valence-corrected chi connectivity index (χ4v) is 2.06. The highest BCUT2D eigenvalue weighted by atomic mass is 35.5. The summed E-state index contributed by atoms with van der Waals surface area (Å²) in [5.74, 6) is -1.92. The SMILES string of the molecule is Cc1ccc(NC(=O)COC(=O)c2ccc(OC(F)(F)F)cc2)cc1Cl. The van der Waals surface area contributed by atoms with E-state index in [1.807, 2.05) is 0 Å². The molecule has 0 aromatic heterocycles. The molecule has 2 rings (SSSR count). The van der Waals surface area contributed by atoms with E-state index in [0.29, 0.717) is 10.7 Å². The van der Waals surface area contributed by atoms with E-state index >= 15 is 0 Å². The van der Waals surface area contributed by atoms with Crippen LogP contribution in [0.4, 0.5) is 18.9 Å². The van der Waals surface area contributed by atoms with E-state index < -0.39 is 30.6 Å². The lowest BCUT2D eigenvalue weighted by Crippen LogP contribution is -2.21. The number of anilines is 1. The van der Waals surface area contributed by atoms with Crippen molar-refractivity contribution < 1.29 is 32.2 Å². The molecular weight excluding hydrogens is 375 g/mol. The van der Waals surface area contributed by atoms with Crippen LogP contribution in [-0.2, 0) is 9.53 Å². The number of hydrogen-bond acceptors (Lipinski definition) is 4. The second-order valence-electron chi connectivity index (χ2n) is 5.16. The van der Waals surface area contributed by atoms with Crippen LogP contribution in [0, 0.1) is 6.92 Å². The number of rotatable bonds is 5. The summed E-state index contributed by atoms with van der Waals surface area (Å²) < 4.78 is 44.7. The molecule has 0 aliphatic rings. The Kier molecular flexibility index (Phi) is 6.10. The predicted octanol–water partition coefficient (Wildman–Crippen LogP) is 4.34. The minimum atomic E-state index is -4.82. The number of halogens is 4. The van der Waals surface area contributed by atoms with Crippen LogP contribution in [0.2, 0.25) is 5.02 Å². The Balaban J connectivity index is 1.87. The van der Waals surface area contributed by atoms with Gasteiger partial charge in [0.05, 0.1) is 5.56 Å². The third-order valence-electron chi connectivity index (χ3n) is 3.11. The van der Waals surface area contributed by atoms with Gasteiger partial charge in [0.2, 0.25) is 0 Å². The number of hydrogen-bond donors (Lipinski definition) is 1. The second-order valence-corrected chi connectivity index (χ2v) is 5.57. The van der Waals surface area contributed by atoms with Crippen LogP contribution < -0.4 is 10.1 Å². The molecule has 0 unspecified atom stereocenters. The normalized spacial score (nSPS) is 11.0. The average Bonchev–Trinajstić information content (AvgIpc) is 2.55. The molecule has 0 aliphatic carbocycles. The summed E-state index contributed by atoms with van der Waals surface area (Å²) in [5.41, 5.74) is 1.26. The third-order valence-corrected chi connectivity index (χ3v) is 3.52. The minimum absolute atomic E-state index is 0.0225. The molecule has 26 heavy (non-hydrogen) atoms. The molecule has 0 aliphatic heterocycles. The van der Waals surface area contributed by atoms with Gasteiger partial charge in [-0.25, -0.2) is 4.79 Å². The van der Waals surface area contributed by atoms with Crippen molar-refractivity contribution >= 4 is 29.2 Å². The number of carbonyl (C=O) groups excluding carboxylic acids is 2. The Bertz CT molecular complexity index is 807. The average molecular weight is 388 g/mol. The largest absolute Gasteiger partial charge is 0.573 e. The molecule has 2 aromatic carbocycles. The van der Waals surface area contributed by atoms with Crippen molar-refractivity contribution in [3.05, 3.63) is 58.6 Å². The molecule has 0 heterocycles. The molecule has 2 aromatic rings. The maximum absolute atomic E-state index is 12.1. The van der Waals surface area contributed by atoms with Crippen LogP contribution in [0.1, 0.15) is 15.9 Å². The van der Waals surface area contributed by atoms with Gasteiger partial charge in [-0.05, 0) is 48.9 Å². The Hall–Kier alpha value is -2.74. The fraction of sp³-hybridized carbons (Fsp3) is 0.176. The van der Waals surface area contributed by atoms with Gasteiger partial charge < -0.3 is 14.8 Å². The Morgan fingerprint density at radius 1 is 1.12 bits per heavy atom. The number of benzene rings is 2. The number of amides is 1. The van der Waals surface area contributed by atoms with Gasteiger partial charge in [-0.15, -0.1) is 13.2 Å². The van der Waals surface area contributed by atoms with E-state index in [-0.39, 0.29) is 5.56 Å². The lowest BCUT2D eigenvalue weighted by molar-refractivity contribution is -0.274. The molecule has 0 fully saturated rings. The summed E-state index contributed by atoms with van der Waals surface area (Å²) in [4.78, 5) is 23.6. The molecule has 138 valence electrons. The summed E-state index contributed by atoms with van der Waals surface area (Å²) in [6.07, 6.45) is -4.82. The number of alkyl halides is 3. The van der Waals surface area contributed by atoms with Gasteiger partial charge in [0.1, 0.15) is 5.75 Å². The van der Waals surface area contributed by atoms with Gasteiger partial charge in [0, 0.05) is 10.7 Å². The van der Waals surface area contributed by atoms with E-state index in [0.717, 1.165) is 29.8 Å². The summed E-state index contributed by atoms with van der Waals surface area (Å²) in [6, 6.07) is 9.05. The summed E-state index contributed by atoms with van der Waals surface area (Å²) >= 11 is 5.94. The smallest absolute Gasteiger partial charge is 0.452 e. The van der Waals surface area contributed by atoms with E-state index in [1.165, 1.54) is 0 Å². The van der Waals surface area contributed by atoms with Crippen molar-refractivity contribution in [1.29, 1.82) is 0 Å². The molecule has 0 saturated heterocycles. The van der Waals surface area contributed by atoms with Gasteiger partial charge in [0.25, 0.3) is 5.91 Å². The zero-order valence-corrected chi connectivity index (χ0v) is 14.1. The molecular formula is C17H13ClF3NO4. The van der Waals surface area contributed by atoms with E-state index in [4.69, 9.17) is 16.3 Å². The fourth-order valence-electron chi connectivity index (χ4n) is 1.87. The molecule has 0 atom stereocenters.